The number of hydrogen-bond donors (Lipinski definition) is 3. The number of urea groups is 1. The normalized spacial score (nSPS) is 11.0. The third kappa shape index (κ3) is 5.41. The lowest BCUT2D eigenvalue weighted by molar-refractivity contribution is 0.102. The lowest BCUT2D eigenvalue weighted by atomic mass is 9.93. The topological polar surface area (TPSA) is 109 Å². The van der Waals surface area contributed by atoms with Crippen LogP contribution < -0.4 is 16.0 Å². The number of benzene rings is 1. The Kier molecular flexibility index (Phi) is 5.63. The second-order valence-electron chi connectivity index (χ2n) is 7.60. The molecule has 0 saturated carbocycles. The Morgan fingerprint density at radius 2 is 1.59 bits per heavy atom. The predicted octanol–water partition coefficient (Wildman–Crippen LogP) is 4.57. The molecule has 3 N–H and O–H groups in total. The highest BCUT2D eigenvalue weighted by Gasteiger charge is 2.20. The van der Waals surface area contributed by atoms with Crippen LogP contribution in [-0.4, -0.2) is 22.1 Å². The Bertz CT molecular complexity index is 1020. The summed E-state index contributed by atoms with van der Waals surface area (Å²) in [6, 6.07) is 13.3. The molecule has 1 aromatic carbocycles. The molecule has 8 nitrogen and oxygen atoms in total. The quantitative estimate of drug-likeness (QED) is 0.601. The van der Waals surface area contributed by atoms with Gasteiger partial charge in [-0.15, -0.1) is 0 Å². The van der Waals surface area contributed by atoms with Crippen molar-refractivity contribution < 1.29 is 14.1 Å². The zero-order valence-corrected chi connectivity index (χ0v) is 16.7. The van der Waals surface area contributed by atoms with Gasteiger partial charge in [-0.2, -0.15) is 0 Å². The number of carbonyl (C=O) groups is 2. The van der Waals surface area contributed by atoms with Crippen molar-refractivity contribution in [3.8, 4) is 0 Å². The minimum atomic E-state index is -0.445. The van der Waals surface area contributed by atoms with Crippen molar-refractivity contribution in [1.82, 2.24) is 10.1 Å². The summed E-state index contributed by atoms with van der Waals surface area (Å²) in [6.45, 7) is 7.80. The van der Waals surface area contributed by atoms with Gasteiger partial charge in [0.2, 0.25) is 0 Å². The first-order valence-corrected chi connectivity index (χ1v) is 9.11. The van der Waals surface area contributed by atoms with Crippen molar-refractivity contribution in [2.24, 2.45) is 0 Å². The number of hydrogen-bond acceptors (Lipinski definition) is 5. The number of rotatable bonds is 4. The zero-order chi connectivity index (χ0) is 21.0. The molecule has 0 bridgehead atoms. The number of aryl methyl sites for hydroxylation is 1. The van der Waals surface area contributed by atoms with E-state index in [9.17, 15) is 9.59 Å². The van der Waals surface area contributed by atoms with E-state index in [4.69, 9.17) is 4.52 Å². The summed E-state index contributed by atoms with van der Waals surface area (Å²) >= 11 is 0. The average molecular weight is 393 g/mol. The molecule has 0 radical (unpaired) electrons. The summed E-state index contributed by atoms with van der Waals surface area (Å²) < 4.78 is 5.24. The third-order valence-corrected chi connectivity index (χ3v) is 4.01. The van der Waals surface area contributed by atoms with Crippen LogP contribution in [0.1, 0.15) is 42.7 Å². The fourth-order valence-corrected chi connectivity index (χ4v) is 2.47. The highest BCUT2D eigenvalue weighted by Crippen LogP contribution is 2.24. The molecule has 3 amide bonds. The second-order valence-corrected chi connectivity index (χ2v) is 7.60. The van der Waals surface area contributed by atoms with Crippen molar-refractivity contribution in [3.05, 3.63) is 65.7 Å². The average Bonchev–Trinajstić information content (AvgIpc) is 3.12. The number of pyridine rings is 1. The molecule has 29 heavy (non-hydrogen) atoms. The van der Waals surface area contributed by atoms with E-state index >= 15 is 0 Å². The van der Waals surface area contributed by atoms with Crippen LogP contribution in [-0.2, 0) is 5.41 Å². The van der Waals surface area contributed by atoms with E-state index in [-0.39, 0.29) is 11.3 Å². The van der Waals surface area contributed by atoms with Gasteiger partial charge in [-0.3, -0.25) is 10.1 Å². The summed E-state index contributed by atoms with van der Waals surface area (Å²) in [5, 5.41) is 11.9. The van der Waals surface area contributed by atoms with Crippen molar-refractivity contribution in [1.29, 1.82) is 0 Å². The van der Waals surface area contributed by atoms with Crippen LogP contribution in [0.15, 0.2) is 53.1 Å². The first-order chi connectivity index (χ1) is 13.7. The van der Waals surface area contributed by atoms with Crippen LogP contribution in [0.4, 0.5) is 22.0 Å². The fraction of sp³-hybridized carbons (Fsp3) is 0.238. The Labute approximate surface area is 168 Å². The maximum absolute atomic E-state index is 12.2. The van der Waals surface area contributed by atoms with Gasteiger partial charge in [0.25, 0.3) is 5.91 Å². The lowest BCUT2D eigenvalue weighted by Crippen LogP contribution is -2.19. The number of anilines is 3. The molecule has 0 atom stereocenters. The number of amides is 3. The number of aromatic nitrogens is 2. The highest BCUT2D eigenvalue weighted by atomic mass is 16.5. The third-order valence-electron chi connectivity index (χ3n) is 4.01. The van der Waals surface area contributed by atoms with Gasteiger partial charge in [0.15, 0.2) is 5.82 Å². The minimum absolute atomic E-state index is 0.197. The van der Waals surface area contributed by atoms with Gasteiger partial charge < -0.3 is 15.2 Å². The molecule has 2 aromatic heterocycles. The highest BCUT2D eigenvalue weighted by molar-refractivity contribution is 6.03. The van der Waals surface area contributed by atoms with Crippen molar-refractivity contribution in [2.45, 2.75) is 33.1 Å². The molecule has 2 heterocycles. The van der Waals surface area contributed by atoms with E-state index in [0.717, 1.165) is 5.69 Å². The Morgan fingerprint density at radius 1 is 0.931 bits per heavy atom. The molecule has 0 fully saturated rings. The summed E-state index contributed by atoms with van der Waals surface area (Å²) in [5.41, 5.74) is 2.07. The molecule has 150 valence electrons. The summed E-state index contributed by atoms with van der Waals surface area (Å²) in [5.74, 6) is 0.714. The van der Waals surface area contributed by atoms with Crippen LogP contribution in [0.5, 0.6) is 0 Å². The Hall–Kier alpha value is -3.68. The summed E-state index contributed by atoms with van der Waals surface area (Å²) in [7, 11) is 0. The van der Waals surface area contributed by atoms with Crippen molar-refractivity contribution in [3.63, 3.8) is 0 Å². The largest absolute Gasteiger partial charge is 0.359 e. The van der Waals surface area contributed by atoms with Gasteiger partial charge in [0.1, 0.15) is 11.5 Å². The fourth-order valence-electron chi connectivity index (χ4n) is 2.47. The van der Waals surface area contributed by atoms with Crippen LogP contribution >= 0.6 is 0 Å². The SMILES string of the molecule is Cc1cccc(C(=O)Nc2ccc(NC(=O)Nc3cc(C(C)(C)C)on3)cc2)n1. The molecule has 0 unspecified atom stereocenters. The van der Waals surface area contributed by atoms with E-state index in [2.05, 4.69) is 26.1 Å². The van der Waals surface area contributed by atoms with Crippen LogP contribution in [0, 0.1) is 6.92 Å². The van der Waals surface area contributed by atoms with Gasteiger partial charge in [-0.05, 0) is 43.3 Å². The molecule has 3 aromatic rings. The van der Waals surface area contributed by atoms with E-state index in [1.165, 1.54) is 0 Å². The van der Waals surface area contributed by atoms with Gasteiger partial charge in [0.05, 0.1) is 0 Å². The molecular weight excluding hydrogens is 370 g/mol. The number of carbonyl (C=O) groups excluding carboxylic acids is 2. The molecule has 0 aliphatic rings. The molecule has 0 aliphatic carbocycles. The van der Waals surface area contributed by atoms with Gasteiger partial charge in [0, 0.05) is 28.6 Å². The van der Waals surface area contributed by atoms with Gasteiger partial charge in [-0.1, -0.05) is 32.0 Å². The minimum Gasteiger partial charge on any atom is -0.359 e. The second kappa shape index (κ2) is 8.14. The molecule has 0 spiro atoms. The monoisotopic (exact) mass is 393 g/mol. The maximum atomic E-state index is 12.2. The Morgan fingerprint density at radius 3 is 2.17 bits per heavy atom. The van der Waals surface area contributed by atoms with E-state index in [0.29, 0.717) is 28.6 Å². The maximum Gasteiger partial charge on any atom is 0.324 e. The first kappa shape index (κ1) is 20.1. The summed E-state index contributed by atoms with van der Waals surface area (Å²) in [6.07, 6.45) is 0. The standard InChI is InChI=1S/C21H23N5O3/c1-13-6-5-7-16(22-13)19(27)23-14-8-10-15(11-9-14)24-20(28)25-18-12-17(29-26-18)21(2,3)4/h5-12H,1-4H3,(H,23,27)(H2,24,25,26,28). The number of nitrogens with one attached hydrogen (secondary N) is 3. The first-order valence-electron chi connectivity index (χ1n) is 9.11. The van der Waals surface area contributed by atoms with Crippen LogP contribution in [0.2, 0.25) is 0 Å². The van der Waals surface area contributed by atoms with Crippen LogP contribution in [0.3, 0.4) is 0 Å². The molecule has 0 saturated heterocycles. The van der Waals surface area contributed by atoms with Gasteiger partial charge >= 0.3 is 6.03 Å². The lowest BCUT2D eigenvalue weighted by Gasteiger charge is -2.12. The molecule has 0 aliphatic heterocycles. The smallest absolute Gasteiger partial charge is 0.324 e. The van der Waals surface area contributed by atoms with Crippen molar-refractivity contribution in [2.75, 3.05) is 16.0 Å². The molecular formula is C21H23N5O3. The zero-order valence-electron chi connectivity index (χ0n) is 16.7. The van der Waals surface area contributed by atoms with Crippen molar-refractivity contribution >= 4 is 29.1 Å². The summed E-state index contributed by atoms with van der Waals surface area (Å²) in [4.78, 5) is 28.6. The number of nitrogens with zero attached hydrogens (tertiary/aromatic N) is 2. The molecule has 3 rings (SSSR count). The van der Waals surface area contributed by atoms with E-state index < -0.39 is 6.03 Å². The Balaban J connectivity index is 1.56. The van der Waals surface area contributed by atoms with Gasteiger partial charge in [-0.25, -0.2) is 9.78 Å². The molecule has 8 heteroatoms. The van der Waals surface area contributed by atoms with E-state index in [1.807, 2.05) is 33.8 Å². The van der Waals surface area contributed by atoms with Crippen LogP contribution in [0.25, 0.3) is 0 Å². The van der Waals surface area contributed by atoms with E-state index in [1.54, 1.807) is 42.5 Å². The predicted molar refractivity (Wildman–Crippen MR) is 111 cm³/mol.